The van der Waals surface area contributed by atoms with Crippen LogP contribution in [0, 0.1) is 5.82 Å². The van der Waals surface area contributed by atoms with Gasteiger partial charge in [-0.25, -0.2) is 9.18 Å². The van der Waals surface area contributed by atoms with E-state index in [-0.39, 0.29) is 5.82 Å². The Labute approximate surface area is 151 Å². The van der Waals surface area contributed by atoms with Crippen molar-refractivity contribution in [1.82, 2.24) is 10.6 Å². The van der Waals surface area contributed by atoms with Crippen molar-refractivity contribution in [3.63, 3.8) is 0 Å². The highest BCUT2D eigenvalue weighted by Crippen LogP contribution is 2.14. The van der Waals surface area contributed by atoms with Gasteiger partial charge in [0.1, 0.15) is 17.6 Å². The molecule has 0 aliphatic heterocycles. The van der Waals surface area contributed by atoms with Crippen molar-refractivity contribution >= 4 is 11.9 Å². The predicted octanol–water partition coefficient (Wildman–Crippen LogP) is 2.51. The van der Waals surface area contributed by atoms with Gasteiger partial charge in [-0.3, -0.25) is 10.1 Å². The quantitative estimate of drug-likeness (QED) is 0.600. The van der Waals surface area contributed by atoms with Crippen molar-refractivity contribution in [2.75, 3.05) is 13.2 Å². The predicted molar refractivity (Wildman–Crippen MR) is 96.0 cm³/mol. The van der Waals surface area contributed by atoms with Gasteiger partial charge in [0.15, 0.2) is 0 Å². The fraction of sp³-hybridized carbons (Fsp3) is 0.263. The number of urea groups is 1. The molecule has 0 saturated heterocycles. The van der Waals surface area contributed by atoms with Gasteiger partial charge in [0, 0.05) is 0 Å². The summed E-state index contributed by atoms with van der Waals surface area (Å²) in [5, 5.41) is 5.22. The smallest absolute Gasteiger partial charge is 0.318 e. The van der Waals surface area contributed by atoms with E-state index in [2.05, 4.69) is 10.6 Å². The monoisotopic (exact) mass is 359 g/mol. The maximum Gasteiger partial charge on any atom is 0.318 e. The van der Waals surface area contributed by atoms with Crippen molar-refractivity contribution < 1.29 is 18.7 Å². The summed E-state index contributed by atoms with van der Waals surface area (Å²) < 4.78 is 18.3. The van der Waals surface area contributed by atoms with Gasteiger partial charge >= 0.3 is 6.03 Å². The Kier molecular flexibility index (Phi) is 7.57. The van der Waals surface area contributed by atoms with Crippen LogP contribution in [0.25, 0.3) is 0 Å². The van der Waals surface area contributed by atoms with Gasteiger partial charge in [-0.2, -0.15) is 0 Å². The molecule has 6 nitrogen and oxygen atoms in total. The number of unbranched alkanes of at least 4 members (excludes halogenated alkanes) is 1. The molecule has 138 valence electrons. The van der Waals surface area contributed by atoms with E-state index in [0.717, 1.165) is 18.4 Å². The summed E-state index contributed by atoms with van der Waals surface area (Å²) in [6, 6.07) is 13.4. The normalized spacial score (nSPS) is 11.6. The first-order valence-electron chi connectivity index (χ1n) is 8.33. The molecule has 2 rings (SSSR count). The van der Waals surface area contributed by atoms with E-state index < -0.39 is 18.0 Å². The Morgan fingerprint density at radius 1 is 1.04 bits per heavy atom. The van der Waals surface area contributed by atoms with Crippen molar-refractivity contribution in [1.29, 1.82) is 0 Å². The minimum Gasteiger partial charge on any atom is -0.494 e. The maximum absolute atomic E-state index is 12.8. The topological polar surface area (TPSA) is 93.5 Å². The molecule has 0 spiro atoms. The number of hydrogen-bond donors (Lipinski definition) is 3. The van der Waals surface area contributed by atoms with Gasteiger partial charge in [0.2, 0.25) is 5.91 Å². The number of nitrogens with two attached hydrogens (primary N) is 1. The Balaban J connectivity index is 1.77. The zero-order chi connectivity index (χ0) is 18.8. The molecular formula is C19H22FN3O3. The molecule has 7 heteroatoms. The second kappa shape index (κ2) is 10.1. The van der Waals surface area contributed by atoms with Crippen LogP contribution in [0.5, 0.6) is 5.75 Å². The lowest BCUT2D eigenvalue weighted by Crippen LogP contribution is -2.43. The summed E-state index contributed by atoms with van der Waals surface area (Å²) in [6.45, 7) is 1.04. The SMILES string of the molecule is NC(=O)NC(=O)C(NCCCCOc1ccc(F)cc1)c1ccccc1. The molecule has 0 saturated carbocycles. The van der Waals surface area contributed by atoms with Gasteiger partial charge in [0.05, 0.1) is 6.61 Å². The van der Waals surface area contributed by atoms with Crippen LogP contribution in [-0.2, 0) is 4.79 Å². The third-order valence-corrected chi connectivity index (χ3v) is 3.64. The van der Waals surface area contributed by atoms with Gasteiger partial charge in [-0.15, -0.1) is 0 Å². The molecule has 0 bridgehead atoms. The minimum absolute atomic E-state index is 0.303. The molecule has 0 radical (unpaired) electrons. The van der Waals surface area contributed by atoms with Crippen LogP contribution in [0.3, 0.4) is 0 Å². The lowest BCUT2D eigenvalue weighted by atomic mass is 10.1. The fourth-order valence-electron chi connectivity index (χ4n) is 2.40. The zero-order valence-corrected chi connectivity index (χ0v) is 14.3. The highest BCUT2D eigenvalue weighted by Gasteiger charge is 2.20. The summed E-state index contributed by atoms with van der Waals surface area (Å²) >= 11 is 0. The summed E-state index contributed by atoms with van der Waals surface area (Å²) in [6.07, 6.45) is 1.51. The molecule has 0 aliphatic rings. The Hall–Kier alpha value is -2.93. The number of nitrogens with one attached hydrogen (secondary N) is 2. The molecule has 0 fully saturated rings. The van der Waals surface area contributed by atoms with E-state index in [9.17, 15) is 14.0 Å². The molecule has 0 heterocycles. The first kappa shape index (κ1) is 19.4. The molecule has 2 aromatic rings. The van der Waals surface area contributed by atoms with Crippen LogP contribution in [0.4, 0.5) is 9.18 Å². The fourth-order valence-corrected chi connectivity index (χ4v) is 2.40. The highest BCUT2D eigenvalue weighted by atomic mass is 19.1. The lowest BCUT2D eigenvalue weighted by Gasteiger charge is -2.18. The number of halogens is 1. The largest absolute Gasteiger partial charge is 0.494 e. The van der Waals surface area contributed by atoms with Crippen LogP contribution in [0.1, 0.15) is 24.4 Å². The summed E-state index contributed by atoms with van der Waals surface area (Å²) in [5.41, 5.74) is 5.77. The molecule has 4 N–H and O–H groups in total. The molecule has 3 amide bonds. The number of primary amides is 1. The van der Waals surface area contributed by atoms with Crippen molar-refractivity contribution in [3.8, 4) is 5.75 Å². The molecule has 26 heavy (non-hydrogen) atoms. The Bertz CT molecular complexity index is 708. The molecular weight excluding hydrogens is 337 g/mol. The lowest BCUT2D eigenvalue weighted by molar-refractivity contribution is -0.122. The van der Waals surface area contributed by atoms with Gasteiger partial charge in [-0.1, -0.05) is 30.3 Å². The van der Waals surface area contributed by atoms with Crippen LogP contribution in [-0.4, -0.2) is 25.1 Å². The number of ether oxygens (including phenoxy) is 1. The maximum atomic E-state index is 12.8. The average molecular weight is 359 g/mol. The molecule has 1 unspecified atom stereocenters. The summed E-state index contributed by atoms with van der Waals surface area (Å²) in [5.74, 6) is -0.184. The van der Waals surface area contributed by atoms with E-state index >= 15 is 0 Å². The Morgan fingerprint density at radius 2 is 1.73 bits per heavy atom. The van der Waals surface area contributed by atoms with Crippen molar-refractivity contribution in [2.45, 2.75) is 18.9 Å². The Morgan fingerprint density at radius 3 is 2.38 bits per heavy atom. The summed E-state index contributed by atoms with van der Waals surface area (Å²) in [4.78, 5) is 23.1. The average Bonchev–Trinajstić information content (AvgIpc) is 2.62. The third kappa shape index (κ3) is 6.52. The first-order chi connectivity index (χ1) is 12.6. The summed E-state index contributed by atoms with van der Waals surface area (Å²) in [7, 11) is 0. The van der Waals surface area contributed by atoms with E-state index in [0.29, 0.717) is 18.9 Å². The van der Waals surface area contributed by atoms with Crippen molar-refractivity contribution in [2.24, 2.45) is 5.73 Å². The number of imide groups is 1. The number of rotatable bonds is 9. The van der Waals surface area contributed by atoms with Crippen LogP contribution < -0.4 is 21.1 Å². The highest BCUT2D eigenvalue weighted by molar-refractivity contribution is 5.96. The first-order valence-corrected chi connectivity index (χ1v) is 8.33. The zero-order valence-electron chi connectivity index (χ0n) is 14.3. The number of benzene rings is 2. The van der Waals surface area contributed by atoms with E-state index in [1.54, 1.807) is 24.3 Å². The second-order valence-electron chi connectivity index (χ2n) is 5.66. The number of hydrogen-bond acceptors (Lipinski definition) is 4. The van der Waals surface area contributed by atoms with Gasteiger partial charge in [0.25, 0.3) is 0 Å². The molecule has 2 aromatic carbocycles. The number of carbonyl (C=O) groups is 2. The van der Waals surface area contributed by atoms with Crippen LogP contribution in [0.15, 0.2) is 54.6 Å². The van der Waals surface area contributed by atoms with E-state index in [1.807, 2.05) is 18.2 Å². The standard InChI is InChI=1S/C19H22FN3O3/c20-15-8-10-16(11-9-15)26-13-5-4-12-22-17(18(24)23-19(21)25)14-6-2-1-3-7-14/h1-3,6-11,17,22H,4-5,12-13H2,(H3,21,23,24,25). The number of amides is 3. The molecule has 0 aromatic heterocycles. The van der Waals surface area contributed by atoms with Crippen LogP contribution >= 0.6 is 0 Å². The van der Waals surface area contributed by atoms with Gasteiger partial charge < -0.3 is 15.8 Å². The molecule has 1 atom stereocenters. The second-order valence-corrected chi connectivity index (χ2v) is 5.66. The minimum atomic E-state index is -0.884. The third-order valence-electron chi connectivity index (χ3n) is 3.64. The van der Waals surface area contributed by atoms with E-state index in [4.69, 9.17) is 10.5 Å². The van der Waals surface area contributed by atoms with Gasteiger partial charge in [-0.05, 0) is 49.2 Å². The van der Waals surface area contributed by atoms with E-state index in [1.165, 1.54) is 12.1 Å². The van der Waals surface area contributed by atoms with Crippen LogP contribution in [0.2, 0.25) is 0 Å². The number of carbonyl (C=O) groups excluding carboxylic acids is 2. The van der Waals surface area contributed by atoms with Crippen molar-refractivity contribution in [3.05, 3.63) is 66.0 Å². The molecule has 0 aliphatic carbocycles.